The fraction of sp³-hybridized carbons (Fsp3) is 0.579. The van der Waals surface area contributed by atoms with Crippen LogP contribution in [0.3, 0.4) is 0 Å². The Morgan fingerprint density at radius 3 is 2.50 bits per heavy atom. The monoisotopic (exact) mass is 353 g/mol. The van der Waals surface area contributed by atoms with Gasteiger partial charge in [0.05, 0.1) is 5.69 Å². The van der Waals surface area contributed by atoms with Crippen LogP contribution in [0.25, 0.3) is 0 Å². The Bertz CT molecular complexity index is 764. The maximum atomic E-state index is 4.86. The molecular formula is C19H27N7. The second-order valence-electron chi connectivity index (χ2n) is 7.33. The first-order chi connectivity index (χ1) is 12.6. The standard InChI is InChI=1S/C19H27N7/c1-14-13-26(12-11-24(14)3)18-16-5-9-25(19-20-7-4-8-21-19)10-6-17(16)22-15(2)23-18/h4,7-8,14H,5-6,9-13H2,1-3H3. The number of hydrogen-bond acceptors (Lipinski definition) is 7. The molecule has 1 saturated heterocycles. The maximum Gasteiger partial charge on any atom is 0.225 e. The summed E-state index contributed by atoms with van der Waals surface area (Å²) in [7, 11) is 2.20. The molecule has 0 aliphatic carbocycles. The summed E-state index contributed by atoms with van der Waals surface area (Å²) in [5.41, 5.74) is 2.50. The second kappa shape index (κ2) is 7.15. The molecule has 2 aromatic rings. The largest absolute Gasteiger partial charge is 0.353 e. The molecule has 0 radical (unpaired) electrons. The highest BCUT2D eigenvalue weighted by atomic mass is 15.3. The van der Waals surface area contributed by atoms with Gasteiger partial charge in [0.2, 0.25) is 5.95 Å². The Balaban J connectivity index is 1.61. The van der Waals surface area contributed by atoms with E-state index >= 15 is 0 Å². The first kappa shape index (κ1) is 17.1. The van der Waals surface area contributed by atoms with Crippen LogP contribution in [0.4, 0.5) is 11.8 Å². The first-order valence-electron chi connectivity index (χ1n) is 9.45. The minimum Gasteiger partial charge on any atom is -0.353 e. The van der Waals surface area contributed by atoms with E-state index in [-0.39, 0.29) is 0 Å². The molecule has 0 spiro atoms. The first-order valence-corrected chi connectivity index (χ1v) is 9.45. The lowest BCUT2D eigenvalue weighted by atomic mass is 10.1. The summed E-state index contributed by atoms with van der Waals surface area (Å²) < 4.78 is 0. The molecule has 1 fully saturated rings. The van der Waals surface area contributed by atoms with Gasteiger partial charge in [-0.15, -0.1) is 0 Å². The number of piperazine rings is 1. The lowest BCUT2D eigenvalue weighted by molar-refractivity contribution is 0.233. The van der Waals surface area contributed by atoms with Crippen molar-refractivity contribution in [1.29, 1.82) is 0 Å². The van der Waals surface area contributed by atoms with Gasteiger partial charge >= 0.3 is 0 Å². The number of likely N-dealkylation sites (N-methyl/N-ethyl adjacent to an activating group) is 1. The van der Waals surface area contributed by atoms with E-state index in [1.54, 1.807) is 12.4 Å². The van der Waals surface area contributed by atoms with E-state index in [4.69, 9.17) is 9.97 Å². The van der Waals surface area contributed by atoms with E-state index in [1.165, 1.54) is 11.3 Å². The third kappa shape index (κ3) is 3.35. The lowest BCUT2D eigenvalue weighted by Gasteiger charge is -2.39. The predicted octanol–water partition coefficient (Wildman–Crippen LogP) is 1.32. The molecule has 26 heavy (non-hydrogen) atoms. The number of fused-ring (bicyclic) bond motifs is 1. The van der Waals surface area contributed by atoms with Crippen molar-refractivity contribution in [3.05, 3.63) is 35.5 Å². The molecular weight excluding hydrogens is 326 g/mol. The topological polar surface area (TPSA) is 61.3 Å². The van der Waals surface area contributed by atoms with Gasteiger partial charge in [-0.1, -0.05) is 0 Å². The number of hydrogen-bond donors (Lipinski definition) is 0. The average molecular weight is 353 g/mol. The molecule has 0 bridgehead atoms. The van der Waals surface area contributed by atoms with Gasteiger partial charge in [-0.25, -0.2) is 19.9 Å². The number of aromatic nitrogens is 4. The molecule has 1 atom stereocenters. The SMILES string of the molecule is Cc1nc2c(c(N3CCN(C)C(C)C3)n1)CCN(c1ncccn1)CC2. The van der Waals surface area contributed by atoms with Gasteiger partial charge in [0.15, 0.2) is 0 Å². The Hall–Kier alpha value is -2.28. The van der Waals surface area contributed by atoms with E-state index < -0.39 is 0 Å². The number of nitrogens with zero attached hydrogens (tertiary/aromatic N) is 7. The summed E-state index contributed by atoms with van der Waals surface area (Å²) in [4.78, 5) is 25.6. The minimum absolute atomic E-state index is 0.537. The quantitative estimate of drug-likeness (QED) is 0.807. The van der Waals surface area contributed by atoms with Crippen LogP contribution in [-0.4, -0.2) is 70.6 Å². The van der Waals surface area contributed by atoms with Gasteiger partial charge in [0.1, 0.15) is 11.6 Å². The van der Waals surface area contributed by atoms with Crippen molar-refractivity contribution in [1.82, 2.24) is 24.8 Å². The molecule has 1 unspecified atom stereocenters. The molecule has 0 saturated carbocycles. The molecule has 4 rings (SSSR count). The highest BCUT2D eigenvalue weighted by Gasteiger charge is 2.27. The van der Waals surface area contributed by atoms with E-state index in [0.29, 0.717) is 6.04 Å². The van der Waals surface area contributed by atoms with Crippen LogP contribution in [0.5, 0.6) is 0 Å². The summed E-state index contributed by atoms with van der Waals surface area (Å²) in [5, 5.41) is 0. The van der Waals surface area contributed by atoms with Crippen molar-refractivity contribution < 1.29 is 0 Å². The molecule has 0 N–H and O–H groups in total. The smallest absolute Gasteiger partial charge is 0.225 e. The summed E-state index contributed by atoms with van der Waals surface area (Å²) in [6.07, 6.45) is 5.46. The third-order valence-corrected chi connectivity index (χ3v) is 5.53. The molecule has 7 nitrogen and oxygen atoms in total. The average Bonchev–Trinajstić information content (AvgIpc) is 2.87. The van der Waals surface area contributed by atoms with Gasteiger partial charge in [-0.05, 0) is 33.4 Å². The zero-order valence-corrected chi connectivity index (χ0v) is 15.9. The van der Waals surface area contributed by atoms with Crippen LogP contribution in [0.1, 0.15) is 24.0 Å². The zero-order chi connectivity index (χ0) is 18.1. The molecule has 2 aliphatic rings. The highest BCUT2D eigenvalue weighted by molar-refractivity contribution is 5.52. The van der Waals surface area contributed by atoms with Crippen LogP contribution < -0.4 is 9.80 Å². The number of rotatable bonds is 2. The molecule has 4 heterocycles. The molecule has 7 heteroatoms. The number of aryl methyl sites for hydroxylation is 1. The highest BCUT2D eigenvalue weighted by Crippen LogP contribution is 2.27. The van der Waals surface area contributed by atoms with E-state index in [9.17, 15) is 0 Å². The van der Waals surface area contributed by atoms with Gasteiger partial charge in [0.25, 0.3) is 0 Å². The van der Waals surface area contributed by atoms with Crippen molar-refractivity contribution in [3.63, 3.8) is 0 Å². The zero-order valence-electron chi connectivity index (χ0n) is 15.9. The van der Waals surface area contributed by atoms with Gasteiger partial charge in [0, 0.05) is 63.1 Å². The Labute approximate surface area is 155 Å². The van der Waals surface area contributed by atoms with E-state index in [0.717, 1.165) is 63.2 Å². The summed E-state index contributed by atoms with van der Waals surface area (Å²) in [6.45, 7) is 9.20. The molecule has 2 aliphatic heterocycles. The number of anilines is 2. The van der Waals surface area contributed by atoms with Crippen molar-refractivity contribution in [2.75, 3.05) is 49.6 Å². The summed E-state index contributed by atoms with van der Waals surface area (Å²) >= 11 is 0. The van der Waals surface area contributed by atoms with Crippen LogP contribution in [0.15, 0.2) is 18.5 Å². The van der Waals surface area contributed by atoms with E-state index in [1.807, 2.05) is 13.0 Å². The van der Waals surface area contributed by atoms with Crippen LogP contribution in [0.2, 0.25) is 0 Å². The second-order valence-corrected chi connectivity index (χ2v) is 7.33. The van der Waals surface area contributed by atoms with Gasteiger partial charge in [-0.3, -0.25) is 0 Å². The molecule has 0 aromatic carbocycles. The third-order valence-electron chi connectivity index (χ3n) is 5.53. The Morgan fingerprint density at radius 1 is 0.962 bits per heavy atom. The van der Waals surface area contributed by atoms with Crippen molar-refractivity contribution in [2.24, 2.45) is 0 Å². The van der Waals surface area contributed by atoms with Gasteiger partial charge in [-0.2, -0.15) is 0 Å². The van der Waals surface area contributed by atoms with Crippen LogP contribution >= 0.6 is 0 Å². The van der Waals surface area contributed by atoms with Crippen molar-refractivity contribution in [3.8, 4) is 0 Å². The van der Waals surface area contributed by atoms with Crippen molar-refractivity contribution in [2.45, 2.75) is 32.7 Å². The summed E-state index contributed by atoms with van der Waals surface area (Å²) in [5.74, 6) is 2.82. The minimum atomic E-state index is 0.537. The summed E-state index contributed by atoms with van der Waals surface area (Å²) in [6, 6.07) is 2.40. The molecule has 0 amide bonds. The normalized spacial score (nSPS) is 21.4. The Kier molecular flexibility index (Phi) is 4.72. The van der Waals surface area contributed by atoms with Crippen LogP contribution in [0, 0.1) is 6.92 Å². The fourth-order valence-electron chi connectivity index (χ4n) is 3.86. The predicted molar refractivity (Wildman–Crippen MR) is 103 cm³/mol. The van der Waals surface area contributed by atoms with Crippen LogP contribution in [-0.2, 0) is 12.8 Å². The lowest BCUT2D eigenvalue weighted by Crippen LogP contribution is -2.50. The molecule has 2 aromatic heterocycles. The Morgan fingerprint density at radius 2 is 1.73 bits per heavy atom. The van der Waals surface area contributed by atoms with E-state index in [2.05, 4.69) is 38.6 Å². The maximum absolute atomic E-state index is 4.86. The van der Waals surface area contributed by atoms with Gasteiger partial charge < -0.3 is 14.7 Å². The van der Waals surface area contributed by atoms with Crippen molar-refractivity contribution >= 4 is 11.8 Å². The molecule has 138 valence electrons. The fourth-order valence-corrected chi connectivity index (χ4v) is 3.86.